The molecule has 0 aliphatic rings. The van der Waals surface area contributed by atoms with E-state index in [-0.39, 0.29) is 11.9 Å². The van der Waals surface area contributed by atoms with E-state index in [9.17, 15) is 4.39 Å². The Bertz CT molecular complexity index is 316. The van der Waals surface area contributed by atoms with Gasteiger partial charge in [-0.1, -0.05) is 19.9 Å². The maximum atomic E-state index is 13.3. The normalized spacial score (nSPS) is 13.1. The number of hydrazine groups is 1. The molecule has 0 saturated heterocycles. The van der Waals surface area contributed by atoms with Gasteiger partial charge in [-0.3, -0.25) is 11.3 Å². The Kier molecular flexibility index (Phi) is 4.90. The number of halogens is 1. The lowest BCUT2D eigenvalue weighted by atomic mass is 9.97. The van der Waals surface area contributed by atoms with E-state index in [2.05, 4.69) is 19.3 Å². The Labute approximate surface area is 97.0 Å². The third-order valence-electron chi connectivity index (χ3n) is 2.70. The lowest BCUT2D eigenvalue weighted by Crippen LogP contribution is -2.28. The average molecular weight is 224 g/mol. The van der Waals surface area contributed by atoms with Crippen LogP contribution in [0.5, 0.6) is 0 Å². The van der Waals surface area contributed by atoms with Gasteiger partial charge in [-0.15, -0.1) is 0 Å². The van der Waals surface area contributed by atoms with Gasteiger partial charge >= 0.3 is 0 Å². The predicted molar refractivity (Wildman–Crippen MR) is 65.3 cm³/mol. The van der Waals surface area contributed by atoms with Crippen molar-refractivity contribution < 1.29 is 4.39 Å². The standard InChI is InChI=1S/C13H21FN2/c1-9(2)4-5-13(16-15)11-6-10(3)7-12(14)8-11/h6-9,13,16H,4-5,15H2,1-3H3. The van der Waals surface area contributed by atoms with Gasteiger partial charge in [-0.05, 0) is 48.9 Å². The van der Waals surface area contributed by atoms with Crippen molar-refractivity contribution in [2.45, 2.75) is 39.7 Å². The van der Waals surface area contributed by atoms with Gasteiger partial charge < -0.3 is 0 Å². The molecule has 2 nitrogen and oxygen atoms in total. The van der Waals surface area contributed by atoms with E-state index in [1.807, 2.05) is 13.0 Å². The third kappa shape index (κ3) is 3.91. The number of rotatable bonds is 5. The molecular weight excluding hydrogens is 203 g/mol. The molecule has 0 spiro atoms. The molecule has 0 fully saturated rings. The molecule has 1 unspecified atom stereocenters. The zero-order valence-corrected chi connectivity index (χ0v) is 10.3. The van der Waals surface area contributed by atoms with Gasteiger partial charge in [0.25, 0.3) is 0 Å². The molecule has 0 aliphatic heterocycles. The van der Waals surface area contributed by atoms with Crippen LogP contribution in [-0.2, 0) is 0 Å². The molecule has 0 radical (unpaired) electrons. The monoisotopic (exact) mass is 224 g/mol. The van der Waals surface area contributed by atoms with E-state index in [0.717, 1.165) is 24.0 Å². The first-order chi connectivity index (χ1) is 7.52. The minimum absolute atomic E-state index is 0.0387. The van der Waals surface area contributed by atoms with E-state index in [0.29, 0.717) is 5.92 Å². The topological polar surface area (TPSA) is 38.0 Å². The fraction of sp³-hybridized carbons (Fsp3) is 0.538. The van der Waals surface area contributed by atoms with Gasteiger partial charge in [-0.2, -0.15) is 0 Å². The molecule has 0 amide bonds. The Balaban J connectivity index is 2.78. The molecule has 0 saturated carbocycles. The van der Waals surface area contributed by atoms with E-state index in [1.165, 1.54) is 6.07 Å². The summed E-state index contributed by atoms with van der Waals surface area (Å²) in [5, 5.41) is 0. The number of aryl methyl sites for hydroxylation is 1. The van der Waals surface area contributed by atoms with Gasteiger partial charge in [-0.25, -0.2) is 4.39 Å². The molecule has 0 aliphatic carbocycles. The second kappa shape index (κ2) is 5.97. The molecule has 1 atom stereocenters. The summed E-state index contributed by atoms with van der Waals surface area (Å²) in [6.45, 7) is 6.23. The molecule has 3 heteroatoms. The van der Waals surface area contributed by atoms with E-state index in [4.69, 9.17) is 5.84 Å². The lowest BCUT2D eigenvalue weighted by Gasteiger charge is -2.18. The summed E-state index contributed by atoms with van der Waals surface area (Å²) in [5.41, 5.74) is 4.62. The number of nitrogens with one attached hydrogen (secondary N) is 1. The first-order valence-corrected chi connectivity index (χ1v) is 5.76. The van der Waals surface area contributed by atoms with Crippen LogP contribution in [0.2, 0.25) is 0 Å². The van der Waals surface area contributed by atoms with Crippen LogP contribution in [0.1, 0.15) is 43.9 Å². The van der Waals surface area contributed by atoms with Crippen molar-refractivity contribution in [3.05, 3.63) is 35.1 Å². The number of hydrogen-bond donors (Lipinski definition) is 2. The second-order valence-corrected chi connectivity index (χ2v) is 4.75. The highest BCUT2D eigenvalue weighted by molar-refractivity contribution is 5.26. The highest BCUT2D eigenvalue weighted by Crippen LogP contribution is 2.22. The molecule has 16 heavy (non-hydrogen) atoms. The lowest BCUT2D eigenvalue weighted by molar-refractivity contribution is 0.446. The molecule has 0 heterocycles. The SMILES string of the molecule is Cc1cc(F)cc(C(CCC(C)C)NN)c1. The molecule has 0 aromatic heterocycles. The Morgan fingerprint density at radius 3 is 2.44 bits per heavy atom. The predicted octanol–water partition coefficient (Wildman–Crippen LogP) is 3.07. The van der Waals surface area contributed by atoms with Crippen molar-refractivity contribution >= 4 is 0 Å². The fourth-order valence-corrected chi connectivity index (χ4v) is 1.81. The zero-order chi connectivity index (χ0) is 12.1. The summed E-state index contributed by atoms with van der Waals surface area (Å²) >= 11 is 0. The minimum Gasteiger partial charge on any atom is -0.271 e. The van der Waals surface area contributed by atoms with Gasteiger partial charge in [0.1, 0.15) is 5.82 Å². The van der Waals surface area contributed by atoms with Crippen molar-refractivity contribution in [3.8, 4) is 0 Å². The van der Waals surface area contributed by atoms with Crippen LogP contribution in [-0.4, -0.2) is 0 Å². The van der Waals surface area contributed by atoms with Gasteiger partial charge in [0.05, 0.1) is 0 Å². The summed E-state index contributed by atoms with van der Waals surface area (Å²) < 4.78 is 13.3. The van der Waals surface area contributed by atoms with Crippen molar-refractivity contribution in [2.75, 3.05) is 0 Å². The largest absolute Gasteiger partial charge is 0.271 e. The Hall–Kier alpha value is -0.930. The molecule has 1 rings (SSSR count). The quantitative estimate of drug-likeness (QED) is 0.596. The first-order valence-electron chi connectivity index (χ1n) is 5.76. The molecule has 1 aromatic carbocycles. The molecule has 1 aromatic rings. The Morgan fingerprint density at radius 1 is 1.25 bits per heavy atom. The van der Waals surface area contributed by atoms with Gasteiger partial charge in [0.2, 0.25) is 0 Å². The van der Waals surface area contributed by atoms with Crippen LogP contribution in [0.4, 0.5) is 4.39 Å². The maximum absolute atomic E-state index is 13.3. The van der Waals surface area contributed by atoms with E-state index in [1.54, 1.807) is 6.07 Å². The highest BCUT2D eigenvalue weighted by atomic mass is 19.1. The number of nitrogens with two attached hydrogens (primary N) is 1. The van der Waals surface area contributed by atoms with Gasteiger partial charge in [0, 0.05) is 6.04 Å². The van der Waals surface area contributed by atoms with Crippen molar-refractivity contribution in [1.82, 2.24) is 5.43 Å². The number of benzene rings is 1. The molecular formula is C13H21FN2. The minimum atomic E-state index is -0.195. The zero-order valence-electron chi connectivity index (χ0n) is 10.3. The Morgan fingerprint density at radius 2 is 1.94 bits per heavy atom. The maximum Gasteiger partial charge on any atom is 0.123 e. The summed E-state index contributed by atoms with van der Waals surface area (Å²) in [4.78, 5) is 0. The van der Waals surface area contributed by atoms with Crippen molar-refractivity contribution in [1.29, 1.82) is 0 Å². The summed E-state index contributed by atoms with van der Waals surface area (Å²) in [6, 6.07) is 5.10. The van der Waals surface area contributed by atoms with E-state index < -0.39 is 0 Å². The smallest absolute Gasteiger partial charge is 0.123 e. The first kappa shape index (κ1) is 13.1. The number of hydrogen-bond acceptors (Lipinski definition) is 2. The van der Waals surface area contributed by atoms with E-state index >= 15 is 0 Å². The van der Waals surface area contributed by atoms with Crippen LogP contribution in [0, 0.1) is 18.7 Å². The summed E-state index contributed by atoms with van der Waals surface area (Å²) in [7, 11) is 0. The van der Waals surface area contributed by atoms with Crippen molar-refractivity contribution in [3.63, 3.8) is 0 Å². The van der Waals surface area contributed by atoms with Crippen LogP contribution >= 0.6 is 0 Å². The van der Waals surface area contributed by atoms with Crippen LogP contribution < -0.4 is 11.3 Å². The van der Waals surface area contributed by atoms with Gasteiger partial charge in [0.15, 0.2) is 0 Å². The fourth-order valence-electron chi connectivity index (χ4n) is 1.81. The van der Waals surface area contributed by atoms with Crippen LogP contribution in [0.15, 0.2) is 18.2 Å². The molecule has 90 valence electrons. The average Bonchev–Trinajstić information content (AvgIpc) is 2.16. The highest BCUT2D eigenvalue weighted by Gasteiger charge is 2.11. The third-order valence-corrected chi connectivity index (χ3v) is 2.70. The molecule has 3 N–H and O–H groups in total. The second-order valence-electron chi connectivity index (χ2n) is 4.75. The van der Waals surface area contributed by atoms with Crippen LogP contribution in [0.25, 0.3) is 0 Å². The van der Waals surface area contributed by atoms with Crippen LogP contribution in [0.3, 0.4) is 0 Å². The van der Waals surface area contributed by atoms with Crippen molar-refractivity contribution in [2.24, 2.45) is 11.8 Å². The summed E-state index contributed by atoms with van der Waals surface area (Å²) in [6.07, 6.45) is 2.00. The molecule has 0 bridgehead atoms. The summed E-state index contributed by atoms with van der Waals surface area (Å²) in [5.74, 6) is 5.95.